The molecule has 0 aliphatic carbocycles. The van der Waals surface area contributed by atoms with Gasteiger partial charge in [0.25, 0.3) is 0 Å². The van der Waals surface area contributed by atoms with Crippen LogP contribution in [0.4, 0.5) is 17.6 Å². The van der Waals surface area contributed by atoms with Crippen LogP contribution in [0.3, 0.4) is 0 Å². The molecular formula is C21H20F4N6O2. The molecule has 2 aromatic heterocycles. The van der Waals surface area contributed by atoms with Gasteiger partial charge in [-0.15, -0.1) is 0 Å². The van der Waals surface area contributed by atoms with E-state index >= 15 is 8.78 Å². The Morgan fingerprint density at radius 3 is 2.52 bits per heavy atom. The van der Waals surface area contributed by atoms with Crippen molar-refractivity contribution in [2.45, 2.75) is 18.1 Å². The summed E-state index contributed by atoms with van der Waals surface area (Å²) in [5.41, 5.74) is 0.598. The number of benzene rings is 1. The van der Waals surface area contributed by atoms with Gasteiger partial charge in [0.2, 0.25) is 0 Å². The minimum Gasteiger partial charge on any atom is -0.486 e. The number of aromatic nitrogens is 2. The maximum atomic E-state index is 15.6. The summed E-state index contributed by atoms with van der Waals surface area (Å²) >= 11 is 0. The highest BCUT2D eigenvalue weighted by atomic mass is 19.3. The van der Waals surface area contributed by atoms with Gasteiger partial charge in [0, 0.05) is 17.8 Å². The SMILES string of the molecule is N/C=N\N(N)CC(O)(c1ccc(F)cc1F)C(F)(F)c1ccc(OCc2ccccn2)cn1. The van der Waals surface area contributed by atoms with Gasteiger partial charge in [0.15, 0.2) is 5.60 Å². The third-order valence-corrected chi connectivity index (χ3v) is 4.67. The van der Waals surface area contributed by atoms with Crippen LogP contribution < -0.4 is 16.3 Å². The van der Waals surface area contributed by atoms with Gasteiger partial charge in [0.05, 0.1) is 18.4 Å². The summed E-state index contributed by atoms with van der Waals surface area (Å²) < 4.78 is 64.4. The van der Waals surface area contributed by atoms with Gasteiger partial charge in [0.1, 0.15) is 36.0 Å². The molecule has 0 spiro atoms. The number of pyridine rings is 2. The zero-order valence-corrected chi connectivity index (χ0v) is 17.1. The first-order valence-electron chi connectivity index (χ1n) is 9.49. The number of hydrogen-bond donors (Lipinski definition) is 3. The summed E-state index contributed by atoms with van der Waals surface area (Å²) in [5.74, 6) is -0.963. The number of rotatable bonds is 9. The zero-order chi connectivity index (χ0) is 24.1. The Bertz CT molecular complexity index is 1100. The van der Waals surface area contributed by atoms with Gasteiger partial charge in [-0.05, 0) is 36.4 Å². The molecule has 0 aliphatic rings. The number of halogens is 4. The van der Waals surface area contributed by atoms with Crippen LogP contribution in [0.2, 0.25) is 0 Å². The number of nitrogens with two attached hydrogens (primary N) is 2. The number of hydrogen-bond acceptors (Lipinski definition) is 7. The molecule has 0 amide bonds. The summed E-state index contributed by atoms with van der Waals surface area (Å²) in [6.07, 6.45) is 3.29. The second kappa shape index (κ2) is 9.79. The smallest absolute Gasteiger partial charge is 0.323 e. The van der Waals surface area contributed by atoms with Crippen molar-refractivity contribution in [2.75, 3.05) is 6.54 Å². The fourth-order valence-electron chi connectivity index (χ4n) is 3.04. The van der Waals surface area contributed by atoms with Crippen LogP contribution >= 0.6 is 0 Å². The fourth-order valence-corrected chi connectivity index (χ4v) is 3.04. The van der Waals surface area contributed by atoms with Crippen molar-refractivity contribution in [3.05, 3.63) is 89.5 Å². The van der Waals surface area contributed by atoms with Crippen molar-refractivity contribution in [1.29, 1.82) is 0 Å². The lowest BCUT2D eigenvalue weighted by Gasteiger charge is -2.37. The molecule has 0 bridgehead atoms. The highest BCUT2D eigenvalue weighted by molar-refractivity contribution is 5.50. The van der Waals surface area contributed by atoms with Crippen LogP contribution in [0.15, 0.2) is 66.0 Å². The molecule has 3 rings (SSSR count). The van der Waals surface area contributed by atoms with E-state index in [1.807, 2.05) is 0 Å². The molecule has 3 aromatic rings. The van der Waals surface area contributed by atoms with Crippen LogP contribution in [-0.2, 0) is 18.1 Å². The quantitative estimate of drug-likeness (QED) is 0.146. The molecule has 2 heterocycles. The fraction of sp³-hybridized carbons (Fsp3) is 0.190. The van der Waals surface area contributed by atoms with Gasteiger partial charge in [-0.1, -0.05) is 6.07 Å². The minimum atomic E-state index is -4.20. The Kier molecular flexibility index (Phi) is 7.09. The van der Waals surface area contributed by atoms with E-state index in [0.717, 1.165) is 18.3 Å². The number of hydrazine groups is 1. The van der Waals surface area contributed by atoms with Crippen molar-refractivity contribution in [3.63, 3.8) is 0 Å². The summed E-state index contributed by atoms with van der Waals surface area (Å²) in [6, 6.07) is 9.12. The number of ether oxygens (including phenoxy) is 1. The van der Waals surface area contributed by atoms with Gasteiger partial charge in [-0.2, -0.15) is 13.9 Å². The molecule has 12 heteroatoms. The van der Waals surface area contributed by atoms with E-state index in [9.17, 15) is 13.9 Å². The van der Waals surface area contributed by atoms with E-state index in [2.05, 4.69) is 15.1 Å². The summed E-state index contributed by atoms with van der Waals surface area (Å²) in [4.78, 5) is 7.76. The van der Waals surface area contributed by atoms with Crippen molar-refractivity contribution >= 4 is 6.34 Å². The molecule has 8 nitrogen and oxygen atoms in total. The topological polar surface area (TPSA) is 123 Å². The molecule has 33 heavy (non-hydrogen) atoms. The van der Waals surface area contributed by atoms with E-state index in [0.29, 0.717) is 29.3 Å². The average molecular weight is 464 g/mol. The molecule has 174 valence electrons. The maximum absolute atomic E-state index is 15.6. The predicted octanol–water partition coefficient (Wildman–Crippen LogP) is 2.39. The molecule has 0 saturated carbocycles. The molecule has 1 atom stereocenters. The summed E-state index contributed by atoms with van der Waals surface area (Å²) in [6.45, 7) is -1.03. The van der Waals surface area contributed by atoms with Crippen LogP contribution in [0, 0.1) is 11.6 Å². The van der Waals surface area contributed by atoms with Crippen molar-refractivity contribution in [1.82, 2.24) is 15.1 Å². The Balaban J connectivity index is 1.93. The summed E-state index contributed by atoms with van der Waals surface area (Å²) in [7, 11) is 0. The molecule has 0 fully saturated rings. The Labute approximate surface area is 186 Å². The average Bonchev–Trinajstić information content (AvgIpc) is 2.78. The Morgan fingerprint density at radius 2 is 1.91 bits per heavy atom. The number of aliphatic hydroxyl groups is 1. The van der Waals surface area contributed by atoms with E-state index in [4.69, 9.17) is 16.3 Å². The highest BCUT2D eigenvalue weighted by Gasteiger charge is 2.58. The first kappa shape index (κ1) is 23.9. The van der Waals surface area contributed by atoms with E-state index < -0.39 is 41.0 Å². The van der Waals surface area contributed by atoms with Crippen LogP contribution in [-0.4, -0.2) is 33.1 Å². The summed E-state index contributed by atoms with van der Waals surface area (Å²) in [5, 5.41) is 14.8. The number of hydrazone groups is 1. The second-order valence-electron chi connectivity index (χ2n) is 6.91. The second-order valence-corrected chi connectivity index (χ2v) is 6.91. The molecule has 1 unspecified atom stereocenters. The standard InChI is InChI=1S/C21H20F4N6O2/c22-14-4-6-17(18(23)9-14)20(32,12-31(27)30-13-26)21(24,25)19-7-5-16(10-29-19)33-11-15-3-1-2-8-28-15/h1-10,13,32H,11-12,27H2,(H2,26,30). The van der Waals surface area contributed by atoms with Crippen molar-refractivity contribution in [3.8, 4) is 5.75 Å². The molecule has 1 aromatic carbocycles. The molecule has 0 radical (unpaired) electrons. The van der Waals surface area contributed by atoms with E-state index in [1.165, 1.54) is 6.07 Å². The number of nitrogens with zero attached hydrogens (tertiary/aromatic N) is 4. The monoisotopic (exact) mass is 464 g/mol. The highest BCUT2D eigenvalue weighted by Crippen LogP contribution is 2.46. The minimum absolute atomic E-state index is 0.0716. The molecule has 0 aliphatic heterocycles. The first-order chi connectivity index (χ1) is 15.7. The van der Waals surface area contributed by atoms with Crippen molar-refractivity contribution < 1.29 is 27.4 Å². The Hall–Kier alpha value is -3.77. The van der Waals surface area contributed by atoms with Crippen molar-refractivity contribution in [2.24, 2.45) is 16.7 Å². The van der Waals surface area contributed by atoms with Gasteiger partial charge in [-0.3, -0.25) is 9.97 Å². The predicted molar refractivity (Wildman–Crippen MR) is 111 cm³/mol. The lowest BCUT2D eigenvalue weighted by Crippen LogP contribution is -2.53. The lowest BCUT2D eigenvalue weighted by molar-refractivity contribution is -0.208. The van der Waals surface area contributed by atoms with Gasteiger partial charge < -0.3 is 15.6 Å². The third-order valence-electron chi connectivity index (χ3n) is 4.67. The first-order valence-corrected chi connectivity index (χ1v) is 9.49. The number of alkyl halides is 2. The third kappa shape index (κ3) is 5.18. The normalized spacial score (nSPS) is 13.6. The molecule has 5 N–H and O–H groups in total. The van der Waals surface area contributed by atoms with Crippen LogP contribution in [0.25, 0.3) is 0 Å². The molecule has 0 saturated heterocycles. The van der Waals surface area contributed by atoms with Gasteiger partial charge >= 0.3 is 5.92 Å². The molecular weight excluding hydrogens is 444 g/mol. The lowest BCUT2D eigenvalue weighted by atomic mass is 9.84. The van der Waals surface area contributed by atoms with E-state index in [-0.39, 0.29) is 12.4 Å². The van der Waals surface area contributed by atoms with E-state index in [1.54, 1.807) is 24.4 Å². The van der Waals surface area contributed by atoms with Crippen LogP contribution in [0.5, 0.6) is 5.75 Å². The Morgan fingerprint density at radius 1 is 1.12 bits per heavy atom. The van der Waals surface area contributed by atoms with Gasteiger partial charge in [-0.25, -0.2) is 19.7 Å². The largest absolute Gasteiger partial charge is 0.486 e. The zero-order valence-electron chi connectivity index (χ0n) is 17.1. The maximum Gasteiger partial charge on any atom is 0.323 e. The van der Waals surface area contributed by atoms with Crippen LogP contribution in [0.1, 0.15) is 17.0 Å².